The van der Waals surface area contributed by atoms with Gasteiger partial charge in [0.1, 0.15) is 0 Å². The molecule has 0 atom stereocenters. The molecule has 3 heterocycles. The number of anilines is 1. The predicted molar refractivity (Wildman–Crippen MR) is 112 cm³/mol. The summed E-state index contributed by atoms with van der Waals surface area (Å²) < 4.78 is 0. The Balaban J connectivity index is 1.58. The van der Waals surface area contributed by atoms with Gasteiger partial charge in [-0.25, -0.2) is 9.78 Å². The highest BCUT2D eigenvalue weighted by Gasteiger charge is 2.14. The third-order valence-corrected chi connectivity index (χ3v) is 4.71. The van der Waals surface area contributed by atoms with Gasteiger partial charge in [0, 0.05) is 29.0 Å². The lowest BCUT2D eigenvalue weighted by Crippen LogP contribution is -2.13. The second-order valence-electron chi connectivity index (χ2n) is 6.60. The van der Waals surface area contributed by atoms with Crippen molar-refractivity contribution in [3.63, 3.8) is 0 Å². The summed E-state index contributed by atoms with van der Waals surface area (Å²) in [6, 6.07) is 18.2. The number of nitrogens with zero attached hydrogens (tertiary/aromatic N) is 2. The van der Waals surface area contributed by atoms with E-state index in [1.165, 1.54) is 0 Å². The molecule has 0 saturated carbocycles. The van der Waals surface area contributed by atoms with E-state index in [1.807, 2.05) is 36.4 Å². The zero-order valence-corrected chi connectivity index (χ0v) is 15.1. The minimum atomic E-state index is -0.286. The first-order chi connectivity index (χ1) is 14.2. The van der Waals surface area contributed by atoms with Crippen molar-refractivity contribution in [1.29, 1.82) is 0 Å². The topological polar surface area (TPSA) is 104 Å². The number of carbonyl (C=O) groups is 1. The number of nitrogens with one attached hydrogen (secondary N) is 3. The maximum atomic E-state index is 13.1. The number of pyridine rings is 2. The lowest BCUT2D eigenvalue weighted by atomic mass is 10.0. The standard InChI is InChI=1S/C22H15N5O2/c28-21(24-14-5-6-18-20(11-14)27-22(29)26-18)16-12-19(13-7-9-23-10-8-13)25-17-4-2-1-3-15(16)17/h1-12H,(H,24,28)(H2,26,27,29). The van der Waals surface area contributed by atoms with Crippen LogP contribution < -0.4 is 11.0 Å². The van der Waals surface area contributed by atoms with Crippen LogP contribution >= 0.6 is 0 Å². The highest BCUT2D eigenvalue weighted by Crippen LogP contribution is 2.25. The molecule has 3 N–H and O–H groups in total. The number of carbonyl (C=O) groups excluding carboxylic acids is 1. The van der Waals surface area contributed by atoms with Crippen LogP contribution in [0, 0.1) is 0 Å². The summed E-state index contributed by atoms with van der Waals surface area (Å²) in [5, 5.41) is 3.68. The largest absolute Gasteiger partial charge is 0.323 e. The maximum Gasteiger partial charge on any atom is 0.323 e. The van der Waals surface area contributed by atoms with Crippen LogP contribution in [0.3, 0.4) is 0 Å². The first kappa shape index (κ1) is 16.9. The van der Waals surface area contributed by atoms with E-state index in [-0.39, 0.29) is 11.6 Å². The molecule has 29 heavy (non-hydrogen) atoms. The number of hydrogen-bond donors (Lipinski definition) is 3. The third-order valence-electron chi connectivity index (χ3n) is 4.71. The summed E-state index contributed by atoms with van der Waals surface area (Å²) >= 11 is 0. The molecule has 3 aromatic heterocycles. The molecular weight excluding hydrogens is 366 g/mol. The van der Waals surface area contributed by atoms with Crippen LogP contribution in [0.15, 0.2) is 77.9 Å². The second-order valence-corrected chi connectivity index (χ2v) is 6.60. The average Bonchev–Trinajstić information content (AvgIpc) is 3.13. The number of aromatic nitrogens is 4. The smallest absolute Gasteiger partial charge is 0.322 e. The lowest BCUT2D eigenvalue weighted by molar-refractivity contribution is 0.102. The number of para-hydroxylation sites is 1. The molecule has 1 amide bonds. The zero-order chi connectivity index (χ0) is 19.8. The molecule has 5 aromatic rings. The molecule has 0 fully saturated rings. The number of amides is 1. The molecule has 0 aliphatic rings. The quantitative estimate of drug-likeness (QED) is 0.443. The van der Waals surface area contributed by atoms with E-state index in [0.29, 0.717) is 28.0 Å². The summed E-state index contributed by atoms with van der Waals surface area (Å²) in [5.41, 5.74) is 4.44. The van der Waals surface area contributed by atoms with Crippen molar-refractivity contribution in [2.75, 3.05) is 5.32 Å². The number of rotatable bonds is 3. The predicted octanol–water partition coefficient (Wildman–Crippen LogP) is 3.72. The van der Waals surface area contributed by atoms with Gasteiger partial charge in [-0.2, -0.15) is 0 Å². The second kappa shape index (κ2) is 6.72. The molecular formula is C22H15N5O2. The van der Waals surface area contributed by atoms with E-state index < -0.39 is 0 Å². The number of fused-ring (bicyclic) bond motifs is 2. The van der Waals surface area contributed by atoms with Crippen LogP contribution in [0.2, 0.25) is 0 Å². The zero-order valence-electron chi connectivity index (χ0n) is 15.1. The molecule has 140 valence electrons. The number of hydrogen-bond acceptors (Lipinski definition) is 4. The molecule has 0 radical (unpaired) electrons. The highest BCUT2D eigenvalue weighted by atomic mass is 16.2. The van der Waals surface area contributed by atoms with Crippen molar-refractivity contribution in [3.8, 4) is 11.3 Å². The third kappa shape index (κ3) is 3.14. The van der Waals surface area contributed by atoms with Gasteiger partial charge in [-0.3, -0.25) is 9.78 Å². The van der Waals surface area contributed by atoms with Crippen LogP contribution in [0.4, 0.5) is 5.69 Å². The number of H-pyrrole nitrogens is 2. The molecule has 0 aliphatic carbocycles. The SMILES string of the molecule is O=C(Nc1ccc2[nH]c(=O)[nH]c2c1)c1cc(-c2ccncc2)nc2ccccc12. The van der Waals surface area contributed by atoms with Gasteiger partial charge in [0.15, 0.2) is 0 Å². The Morgan fingerprint density at radius 2 is 1.69 bits per heavy atom. The van der Waals surface area contributed by atoms with E-state index >= 15 is 0 Å². The van der Waals surface area contributed by atoms with Gasteiger partial charge in [-0.15, -0.1) is 0 Å². The van der Waals surface area contributed by atoms with E-state index in [1.54, 1.807) is 36.7 Å². The van der Waals surface area contributed by atoms with Crippen LogP contribution in [0.5, 0.6) is 0 Å². The summed E-state index contributed by atoms with van der Waals surface area (Å²) in [5.74, 6) is -0.254. The van der Waals surface area contributed by atoms with Gasteiger partial charge in [0.25, 0.3) is 5.91 Å². The Hall–Kier alpha value is -4.26. The number of benzene rings is 2. The molecule has 7 heteroatoms. The Bertz CT molecular complexity index is 1420. The number of aromatic amines is 2. The molecule has 7 nitrogen and oxygen atoms in total. The van der Waals surface area contributed by atoms with Crippen LogP contribution in [-0.4, -0.2) is 25.8 Å². The summed E-state index contributed by atoms with van der Waals surface area (Å²) in [4.78, 5) is 38.7. The lowest BCUT2D eigenvalue weighted by Gasteiger charge is -2.11. The highest BCUT2D eigenvalue weighted by molar-refractivity contribution is 6.13. The minimum absolute atomic E-state index is 0.254. The Morgan fingerprint density at radius 3 is 2.55 bits per heavy atom. The fourth-order valence-electron chi connectivity index (χ4n) is 3.34. The minimum Gasteiger partial charge on any atom is -0.322 e. The maximum absolute atomic E-state index is 13.1. The van der Waals surface area contributed by atoms with Gasteiger partial charge in [-0.05, 0) is 42.5 Å². The Labute approximate surface area is 164 Å². The van der Waals surface area contributed by atoms with E-state index in [4.69, 9.17) is 0 Å². The Morgan fingerprint density at radius 1 is 0.897 bits per heavy atom. The molecule has 5 rings (SSSR count). The fourth-order valence-corrected chi connectivity index (χ4v) is 3.34. The summed E-state index contributed by atoms with van der Waals surface area (Å²) in [6.45, 7) is 0. The fraction of sp³-hybridized carbons (Fsp3) is 0. The van der Waals surface area contributed by atoms with Crippen molar-refractivity contribution in [2.24, 2.45) is 0 Å². The first-order valence-electron chi connectivity index (χ1n) is 9.01. The molecule has 0 unspecified atom stereocenters. The van der Waals surface area contributed by atoms with Crippen LogP contribution in [0.1, 0.15) is 10.4 Å². The van der Waals surface area contributed by atoms with E-state index in [9.17, 15) is 9.59 Å². The van der Waals surface area contributed by atoms with E-state index in [2.05, 4.69) is 25.3 Å². The molecule has 0 bridgehead atoms. The van der Waals surface area contributed by atoms with Crippen LogP contribution in [0.25, 0.3) is 33.2 Å². The Kier molecular flexibility index (Phi) is 3.91. The van der Waals surface area contributed by atoms with Gasteiger partial charge >= 0.3 is 5.69 Å². The van der Waals surface area contributed by atoms with Gasteiger partial charge in [-0.1, -0.05) is 18.2 Å². The monoisotopic (exact) mass is 381 g/mol. The molecule has 0 aliphatic heterocycles. The first-order valence-corrected chi connectivity index (χ1v) is 9.01. The number of imidazole rings is 1. The molecule has 0 saturated heterocycles. The van der Waals surface area contributed by atoms with Crippen molar-refractivity contribution in [2.45, 2.75) is 0 Å². The van der Waals surface area contributed by atoms with Crippen molar-refractivity contribution in [1.82, 2.24) is 19.9 Å². The van der Waals surface area contributed by atoms with Crippen molar-refractivity contribution in [3.05, 3.63) is 89.1 Å². The molecule has 2 aromatic carbocycles. The van der Waals surface area contributed by atoms with Crippen LogP contribution in [-0.2, 0) is 0 Å². The van der Waals surface area contributed by atoms with Gasteiger partial charge in [0.05, 0.1) is 27.8 Å². The summed E-state index contributed by atoms with van der Waals surface area (Å²) in [6.07, 6.45) is 3.39. The van der Waals surface area contributed by atoms with Gasteiger partial charge in [0.2, 0.25) is 0 Å². The average molecular weight is 381 g/mol. The normalized spacial score (nSPS) is 11.0. The van der Waals surface area contributed by atoms with Crippen molar-refractivity contribution >= 4 is 33.5 Å². The van der Waals surface area contributed by atoms with E-state index in [0.717, 1.165) is 16.5 Å². The molecule has 0 spiro atoms. The van der Waals surface area contributed by atoms with Crippen molar-refractivity contribution < 1.29 is 4.79 Å². The van der Waals surface area contributed by atoms with Gasteiger partial charge < -0.3 is 15.3 Å². The summed E-state index contributed by atoms with van der Waals surface area (Å²) in [7, 11) is 0.